The molecule has 1 heterocycles. The first kappa shape index (κ1) is 12.9. The minimum Gasteiger partial charge on any atom is -0.489 e. The number of aromatic nitrogens is 1. The smallest absolute Gasteiger partial charge is 0.142 e. The molecule has 0 saturated carbocycles. The van der Waals surface area contributed by atoms with Gasteiger partial charge in [-0.05, 0) is 26.8 Å². The Morgan fingerprint density at radius 1 is 1.31 bits per heavy atom. The van der Waals surface area contributed by atoms with Gasteiger partial charge in [0.2, 0.25) is 0 Å². The summed E-state index contributed by atoms with van der Waals surface area (Å²) in [5.41, 5.74) is 6.42. The van der Waals surface area contributed by atoms with E-state index < -0.39 is 0 Å². The molecule has 0 aliphatic rings. The van der Waals surface area contributed by atoms with Crippen molar-refractivity contribution in [2.75, 3.05) is 13.2 Å². The van der Waals surface area contributed by atoms with Crippen molar-refractivity contribution in [1.82, 2.24) is 4.98 Å². The van der Waals surface area contributed by atoms with Crippen LogP contribution in [0.15, 0.2) is 18.5 Å². The number of pyridine rings is 1. The van der Waals surface area contributed by atoms with E-state index in [2.05, 4.69) is 4.98 Å². The largest absolute Gasteiger partial charge is 0.489 e. The Bertz CT molecular complexity index is 321. The number of hydrogen-bond acceptors (Lipinski definition) is 4. The Labute approximate surface area is 96.8 Å². The Balaban J connectivity index is 2.37. The predicted octanol–water partition coefficient (Wildman–Crippen LogP) is 1.73. The lowest BCUT2D eigenvalue weighted by Gasteiger charge is -2.19. The zero-order valence-electron chi connectivity index (χ0n) is 10.2. The maximum Gasteiger partial charge on any atom is 0.142 e. The number of ether oxygens (including phenoxy) is 2. The molecule has 0 atom stereocenters. The quantitative estimate of drug-likeness (QED) is 0.774. The van der Waals surface area contributed by atoms with E-state index in [0.29, 0.717) is 19.8 Å². The highest BCUT2D eigenvalue weighted by molar-refractivity contribution is 5.29. The first-order chi connectivity index (χ1) is 7.53. The van der Waals surface area contributed by atoms with Gasteiger partial charge < -0.3 is 15.2 Å². The van der Waals surface area contributed by atoms with Crippen LogP contribution in [0.5, 0.6) is 5.75 Å². The highest BCUT2D eigenvalue weighted by Gasteiger charge is 2.09. The van der Waals surface area contributed by atoms with E-state index in [4.69, 9.17) is 15.2 Å². The molecule has 1 aromatic heterocycles. The average Bonchev–Trinajstić information content (AvgIpc) is 2.23. The molecule has 4 heteroatoms. The van der Waals surface area contributed by atoms with Crippen LogP contribution in [-0.4, -0.2) is 23.8 Å². The molecule has 0 amide bonds. The van der Waals surface area contributed by atoms with Crippen molar-refractivity contribution in [2.24, 2.45) is 5.73 Å². The van der Waals surface area contributed by atoms with E-state index in [9.17, 15) is 0 Å². The summed E-state index contributed by atoms with van der Waals surface area (Å²) < 4.78 is 11.1. The molecule has 1 aromatic rings. The molecule has 4 nitrogen and oxygen atoms in total. The standard InChI is InChI=1S/C12H20N2O2/c1-12(2,3)16-7-6-15-11-9-14-5-4-10(11)8-13/h4-5,9H,6-8,13H2,1-3H3. The van der Waals surface area contributed by atoms with Crippen molar-refractivity contribution >= 4 is 0 Å². The molecule has 0 aliphatic heterocycles. The molecule has 0 spiro atoms. The minimum atomic E-state index is -0.130. The van der Waals surface area contributed by atoms with Crippen LogP contribution in [0.2, 0.25) is 0 Å². The zero-order chi connectivity index (χ0) is 12.0. The van der Waals surface area contributed by atoms with Crippen molar-refractivity contribution in [2.45, 2.75) is 32.9 Å². The van der Waals surface area contributed by atoms with Gasteiger partial charge in [0.05, 0.1) is 18.4 Å². The number of nitrogens with zero attached hydrogens (tertiary/aromatic N) is 1. The third-order valence-electron chi connectivity index (χ3n) is 1.97. The van der Waals surface area contributed by atoms with E-state index in [1.54, 1.807) is 12.4 Å². The van der Waals surface area contributed by atoms with Crippen LogP contribution in [-0.2, 0) is 11.3 Å². The fraction of sp³-hybridized carbons (Fsp3) is 0.583. The molecule has 0 unspecified atom stereocenters. The van der Waals surface area contributed by atoms with Gasteiger partial charge in [-0.15, -0.1) is 0 Å². The van der Waals surface area contributed by atoms with E-state index in [1.807, 2.05) is 26.8 Å². The van der Waals surface area contributed by atoms with E-state index in [0.717, 1.165) is 11.3 Å². The third kappa shape index (κ3) is 4.59. The van der Waals surface area contributed by atoms with Crippen LogP contribution < -0.4 is 10.5 Å². The van der Waals surface area contributed by atoms with Crippen LogP contribution in [0.3, 0.4) is 0 Å². The topological polar surface area (TPSA) is 57.4 Å². The summed E-state index contributed by atoms with van der Waals surface area (Å²) in [5.74, 6) is 0.738. The molecule has 1 rings (SSSR count). The van der Waals surface area contributed by atoms with E-state index in [1.165, 1.54) is 0 Å². The summed E-state index contributed by atoms with van der Waals surface area (Å²) >= 11 is 0. The van der Waals surface area contributed by atoms with E-state index in [-0.39, 0.29) is 5.60 Å². The van der Waals surface area contributed by atoms with Crippen LogP contribution in [0.1, 0.15) is 26.3 Å². The Kier molecular flexibility index (Phi) is 4.71. The predicted molar refractivity (Wildman–Crippen MR) is 63.3 cm³/mol. The molecule has 16 heavy (non-hydrogen) atoms. The maximum atomic E-state index is 5.59. The van der Waals surface area contributed by atoms with Crippen LogP contribution in [0.4, 0.5) is 0 Å². The molecule has 0 fully saturated rings. The van der Waals surface area contributed by atoms with Crippen molar-refractivity contribution in [3.63, 3.8) is 0 Å². The molecule has 90 valence electrons. The molecule has 0 radical (unpaired) electrons. The van der Waals surface area contributed by atoms with Gasteiger partial charge in [-0.25, -0.2) is 0 Å². The fourth-order valence-electron chi connectivity index (χ4n) is 1.21. The summed E-state index contributed by atoms with van der Waals surface area (Å²) in [4.78, 5) is 4.00. The van der Waals surface area contributed by atoms with Gasteiger partial charge in [0, 0.05) is 18.3 Å². The van der Waals surface area contributed by atoms with Crippen LogP contribution in [0.25, 0.3) is 0 Å². The fourth-order valence-corrected chi connectivity index (χ4v) is 1.21. The lowest BCUT2D eigenvalue weighted by molar-refractivity contribution is -0.0164. The Hall–Kier alpha value is -1.13. The lowest BCUT2D eigenvalue weighted by Crippen LogP contribution is -2.22. The van der Waals surface area contributed by atoms with Gasteiger partial charge in [0.15, 0.2) is 0 Å². The van der Waals surface area contributed by atoms with Crippen molar-refractivity contribution in [3.8, 4) is 5.75 Å². The number of nitrogens with two attached hydrogens (primary N) is 1. The molecule has 0 aliphatic carbocycles. The second kappa shape index (κ2) is 5.82. The number of rotatable bonds is 5. The third-order valence-corrected chi connectivity index (χ3v) is 1.97. The van der Waals surface area contributed by atoms with Gasteiger partial charge in [0.1, 0.15) is 12.4 Å². The van der Waals surface area contributed by atoms with Crippen LogP contribution in [0, 0.1) is 0 Å². The Morgan fingerprint density at radius 3 is 2.69 bits per heavy atom. The summed E-state index contributed by atoms with van der Waals surface area (Å²) in [5, 5.41) is 0. The Morgan fingerprint density at radius 2 is 2.06 bits per heavy atom. The molecular weight excluding hydrogens is 204 g/mol. The first-order valence-electron chi connectivity index (χ1n) is 5.42. The normalized spacial score (nSPS) is 11.5. The zero-order valence-corrected chi connectivity index (χ0v) is 10.2. The van der Waals surface area contributed by atoms with Gasteiger partial charge in [-0.3, -0.25) is 4.98 Å². The van der Waals surface area contributed by atoms with Gasteiger partial charge in [0.25, 0.3) is 0 Å². The molecule has 2 N–H and O–H groups in total. The summed E-state index contributed by atoms with van der Waals surface area (Å²) in [7, 11) is 0. The minimum absolute atomic E-state index is 0.130. The van der Waals surface area contributed by atoms with Crippen molar-refractivity contribution < 1.29 is 9.47 Å². The van der Waals surface area contributed by atoms with Gasteiger partial charge >= 0.3 is 0 Å². The average molecular weight is 224 g/mol. The second-order valence-corrected chi connectivity index (χ2v) is 4.50. The molecule has 0 saturated heterocycles. The molecule has 0 bridgehead atoms. The van der Waals surface area contributed by atoms with Gasteiger partial charge in [-0.1, -0.05) is 0 Å². The summed E-state index contributed by atoms with van der Waals surface area (Å²) in [6.45, 7) is 7.57. The SMILES string of the molecule is CC(C)(C)OCCOc1cnccc1CN. The first-order valence-corrected chi connectivity index (χ1v) is 5.42. The van der Waals surface area contributed by atoms with Crippen molar-refractivity contribution in [3.05, 3.63) is 24.0 Å². The highest BCUT2D eigenvalue weighted by atomic mass is 16.5. The second-order valence-electron chi connectivity index (χ2n) is 4.50. The lowest BCUT2D eigenvalue weighted by atomic mass is 10.2. The highest BCUT2D eigenvalue weighted by Crippen LogP contribution is 2.15. The summed E-state index contributed by atoms with van der Waals surface area (Å²) in [6, 6.07) is 1.86. The monoisotopic (exact) mass is 224 g/mol. The van der Waals surface area contributed by atoms with Crippen LogP contribution >= 0.6 is 0 Å². The molecular formula is C12H20N2O2. The van der Waals surface area contributed by atoms with E-state index >= 15 is 0 Å². The van der Waals surface area contributed by atoms with Gasteiger partial charge in [-0.2, -0.15) is 0 Å². The van der Waals surface area contributed by atoms with Crippen molar-refractivity contribution in [1.29, 1.82) is 0 Å². The molecule has 0 aromatic carbocycles. The maximum absolute atomic E-state index is 5.59. The summed E-state index contributed by atoms with van der Waals surface area (Å²) in [6.07, 6.45) is 3.39. The number of hydrogen-bond donors (Lipinski definition) is 1.